The summed E-state index contributed by atoms with van der Waals surface area (Å²) in [5.74, 6) is -0.978. The summed E-state index contributed by atoms with van der Waals surface area (Å²) in [5, 5.41) is 2.74. The molecule has 1 atom stereocenters. The summed E-state index contributed by atoms with van der Waals surface area (Å²) < 4.78 is 10.5. The molecular formula is C23H25NO6. The molecular weight excluding hydrogens is 386 g/mol. The van der Waals surface area contributed by atoms with Gasteiger partial charge in [-0.05, 0) is 62.4 Å². The Labute approximate surface area is 175 Å². The molecule has 2 aromatic carbocycles. The number of anilines is 1. The Hall–Kier alpha value is -3.48. The molecule has 0 heterocycles. The Morgan fingerprint density at radius 2 is 1.43 bits per heavy atom. The first-order chi connectivity index (χ1) is 14.2. The smallest absolute Gasteiger partial charge is 0.344 e. The van der Waals surface area contributed by atoms with Crippen LogP contribution in [0.5, 0.6) is 5.75 Å². The van der Waals surface area contributed by atoms with Crippen molar-refractivity contribution < 1.29 is 28.7 Å². The molecule has 0 spiro atoms. The van der Waals surface area contributed by atoms with Gasteiger partial charge in [-0.15, -0.1) is 0 Å². The highest BCUT2D eigenvalue weighted by molar-refractivity contribution is 6.01. The molecule has 1 amide bonds. The van der Waals surface area contributed by atoms with Gasteiger partial charge < -0.3 is 14.8 Å². The summed E-state index contributed by atoms with van der Waals surface area (Å²) in [5.41, 5.74) is 1.48. The topological polar surface area (TPSA) is 98.8 Å². The number of carbonyl (C=O) groups is 4. The average Bonchev–Trinajstić information content (AvgIpc) is 2.72. The number of Topliss-reactive ketones (excluding diaryl/α,β-unsaturated/α-hetero) is 2. The summed E-state index contributed by atoms with van der Waals surface area (Å²) in [6, 6.07) is 12.7. The van der Waals surface area contributed by atoms with Crippen molar-refractivity contribution >= 4 is 29.1 Å². The lowest BCUT2D eigenvalue weighted by Gasteiger charge is -2.13. The average molecular weight is 411 g/mol. The molecule has 0 radical (unpaired) electrons. The van der Waals surface area contributed by atoms with Crippen molar-refractivity contribution in [3.8, 4) is 5.75 Å². The lowest BCUT2D eigenvalue weighted by atomic mass is 10.1. The Morgan fingerprint density at radius 1 is 0.867 bits per heavy atom. The van der Waals surface area contributed by atoms with Crippen LogP contribution < -0.4 is 10.1 Å². The zero-order chi connectivity index (χ0) is 22.3. The molecule has 0 aliphatic carbocycles. The van der Waals surface area contributed by atoms with Crippen LogP contribution in [0.1, 0.15) is 48.4 Å². The minimum atomic E-state index is -0.989. The standard InChI is InChI=1S/C23H25NO6/c1-14(2)23(28)24-19-9-5-18(6-10-19)22(27)16(4)30-21(26)13-29-20-11-7-17(8-12-20)15(3)25/h5-12,14,16H,13H2,1-4H3,(H,24,28). The lowest BCUT2D eigenvalue weighted by Crippen LogP contribution is -2.27. The number of hydrogen-bond donors (Lipinski definition) is 1. The van der Waals surface area contributed by atoms with E-state index < -0.39 is 12.1 Å². The number of ketones is 2. The zero-order valence-corrected chi connectivity index (χ0v) is 17.4. The van der Waals surface area contributed by atoms with Crippen LogP contribution in [0, 0.1) is 5.92 Å². The van der Waals surface area contributed by atoms with E-state index in [0.29, 0.717) is 22.6 Å². The first-order valence-corrected chi connectivity index (χ1v) is 9.55. The predicted molar refractivity (Wildman–Crippen MR) is 112 cm³/mol. The Bertz CT molecular complexity index is 916. The highest BCUT2D eigenvalue weighted by Gasteiger charge is 2.20. The van der Waals surface area contributed by atoms with E-state index in [1.807, 2.05) is 0 Å². The largest absolute Gasteiger partial charge is 0.482 e. The van der Waals surface area contributed by atoms with Crippen molar-refractivity contribution in [2.45, 2.75) is 33.8 Å². The molecule has 30 heavy (non-hydrogen) atoms. The minimum absolute atomic E-state index is 0.0661. The summed E-state index contributed by atoms with van der Waals surface area (Å²) in [4.78, 5) is 47.4. The van der Waals surface area contributed by atoms with Gasteiger partial charge >= 0.3 is 5.97 Å². The number of nitrogens with one attached hydrogen (secondary N) is 1. The molecule has 2 rings (SSSR count). The van der Waals surface area contributed by atoms with Gasteiger partial charge in [0.1, 0.15) is 5.75 Å². The van der Waals surface area contributed by atoms with E-state index in [9.17, 15) is 19.2 Å². The molecule has 0 fully saturated rings. The highest BCUT2D eigenvalue weighted by atomic mass is 16.6. The van der Waals surface area contributed by atoms with Gasteiger partial charge in [0.25, 0.3) is 0 Å². The van der Waals surface area contributed by atoms with Gasteiger partial charge in [0.05, 0.1) is 0 Å². The summed E-state index contributed by atoms with van der Waals surface area (Å²) >= 11 is 0. The van der Waals surface area contributed by atoms with Gasteiger partial charge in [0.2, 0.25) is 11.7 Å². The molecule has 7 heteroatoms. The summed E-state index contributed by atoms with van der Waals surface area (Å²) in [7, 11) is 0. The molecule has 158 valence electrons. The van der Waals surface area contributed by atoms with Gasteiger partial charge in [0.15, 0.2) is 18.5 Å². The van der Waals surface area contributed by atoms with E-state index in [-0.39, 0.29) is 30.0 Å². The van der Waals surface area contributed by atoms with Gasteiger partial charge in [-0.3, -0.25) is 14.4 Å². The van der Waals surface area contributed by atoms with Crippen LogP contribution in [0.3, 0.4) is 0 Å². The maximum atomic E-state index is 12.5. The predicted octanol–water partition coefficient (Wildman–Crippen LogP) is 3.68. The van der Waals surface area contributed by atoms with E-state index in [1.165, 1.54) is 13.8 Å². The van der Waals surface area contributed by atoms with Crippen molar-refractivity contribution in [2.75, 3.05) is 11.9 Å². The molecule has 0 aliphatic heterocycles. The van der Waals surface area contributed by atoms with Gasteiger partial charge in [0, 0.05) is 22.7 Å². The molecule has 1 N–H and O–H groups in total. The third kappa shape index (κ3) is 6.55. The minimum Gasteiger partial charge on any atom is -0.482 e. The fraction of sp³-hybridized carbons (Fsp3) is 0.304. The molecule has 0 bridgehead atoms. The van der Waals surface area contributed by atoms with Crippen molar-refractivity contribution in [1.29, 1.82) is 0 Å². The second-order valence-electron chi connectivity index (χ2n) is 7.09. The summed E-state index contributed by atoms with van der Waals surface area (Å²) in [6.07, 6.45) is -0.989. The van der Waals surface area contributed by atoms with E-state index >= 15 is 0 Å². The fourth-order valence-corrected chi connectivity index (χ4v) is 2.45. The number of amides is 1. The number of carbonyl (C=O) groups excluding carboxylic acids is 4. The first kappa shape index (κ1) is 22.8. The Morgan fingerprint density at radius 3 is 1.97 bits per heavy atom. The second-order valence-corrected chi connectivity index (χ2v) is 7.09. The van der Waals surface area contributed by atoms with Crippen molar-refractivity contribution in [3.63, 3.8) is 0 Å². The highest BCUT2D eigenvalue weighted by Crippen LogP contribution is 2.15. The molecule has 2 aromatic rings. The Kier molecular flexibility index (Phi) is 7.86. The van der Waals surface area contributed by atoms with Crippen LogP contribution in [0.25, 0.3) is 0 Å². The van der Waals surface area contributed by atoms with Gasteiger partial charge in [-0.25, -0.2) is 4.79 Å². The van der Waals surface area contributed by atoms with Crippen LogP contribution in [-0.2, 0) is 14.3 Å². The van der Waals surface area contributed by atoms with Crippen LogP contribution in [0.15, 0.2) is 48.5 Å². The van der Waals surface area contributed by atoms with Crippen molar-refractivity contribution in [3.05, 3.63) is 59.7 Å². The Balaban J connectivity index is 1.86. The number of esters is 1. The van der Waals surface area contributed by atoms with Gasteiger partial charge in [-0.1, -0.05) is 13.8 Å². The van der Waals surface area contributed by atoms with Gasteiger partial charge in [-0.2, -0.15) is 0 Å². The summed E-state index contributed by atoms with van der Waals surface area (Å²) in [6.45, 7) is 6.15. The molecule has 1 unspecified atom stereocenters. The van der Waals surface area contributed by atoms with E-state index in [4.69, 9.17) is 9.47 Å². The van der Waals surface area contributed by atoms with E-state index in [2.05, 4.69) is 5.32 Å². The maximum Gasteiger partial charge on any atom is 0.344 e. The molecule has 0 aliphatic rings. The first-order valence-electron chi connectivity index (χ1n) is 9.55. The van der Waals surface area contributed by atoms with Crippen molar-refractivity contribution in [2.24, 2.45) is 5.92 Å². The second kappa shape index (κ2) is 10.3. The normalized spacial score (nSPS) is 11.5. The van der Waals surface area contributed by atoms with Crippen LogP contribution in [-0.4, -0.2) is 36.2 Å². The van der Waals surface area contributed by atoms with Crippen LogP contribution in [0.4, 0.5) is 5.69 Å². The SMILES string of the molecule is CC(=O)c1ccc(OCC(=O)OC(C)C(=O)c2ccc(NC(=O)C(C)C)cc2)cc1. The molecule has 0 saturated heterocycles. The molecule has 0 aromatic heterocycles. The van der Waals surface area contributed by atoms with Crippen LogP contribution in [0.2, 0.25) is 0 Å². The number of rotatable bonds is 9. The quantitative estimate of drug-likeness (QED) is 0.499. The third-order valence-corrected chi connectivity index (χ3v) is 4.26. The van der Waals surface area contributed by atoms with Crippen molar-refractivity contribution in [1.82, 2.24) is 0 Å². The van der Waals surface area contributed by atoms with E-state index in [1.54, 1.807) is 62.4 Å². The van der Waals surface area contributed by atoms with E-state index in [0.717, 1.165) is 0 Å². The number of benzene rings is 2. The third-order valence-electron chi connectivity index (χ3n) is 4.26. The molecule has 0 saturated carbocycles. The maximum absolute atomic E-state index is 12.5. The monoisotopic (exact) mass is 411 g/mol. The lowest BCUT2D eigenvalue weighted by molar-refractivity contribution is -0.148. The fourth-order valence-electron chi connectivity index (χ4n) is 2.45. The zero-order valence-electron chi connectivity index (χ0n) is 17.4. The number of ether oxygens (including phenoxy) is 2. The molecule has 7 nitrogen and oxygen atoms in total. The van der Waals surface area contributed by atoms with Crippen LogP contribution >= 0.6 is 0 Å². The number of hydrogen-bond acceptors (Lipinski definition) is 6.